The van der Waals surface area contributed by atoms with Crippen LogP contribution < -0.4 is 0 Å². The second kappa shape index (κ2) is 4.41. The molecule has 0 saturated heterocycles. The van der Waals surface area contributed by atoms with Crippen LogP contribution in [0.4, 0.5) is 0 Å². The fourth-order valence-electron chi connectivity index (χ4n) is 4.48. The van der Waals surface area contributed by atoms with Gasteiger partial charge in [0.2, 0.25) is 0 Å². The lowest BCUT2D eigenvalue weighted by Gasteiger charge is -2.25. The number of nitrogens with zero attached hydrogens (tertiary/aromatic N) is 1. The second-order valence-electron chi connectivity index (χ2n) is 8.70. The van der Waals surface area contributed by atoms with E-state index in [0.29, 0.717) is 0 Å². The quantitative estimate of drug-likeness (QED) is 0.573. The largest absolute Gasteiger partial charge is 0.343 e. The highest BCUT2D eigenvalue weighted by Gasteiger charge is 2.42. The molecule has 1 heterocycles. The van der Waals surface area contributed by atoms with Gasteiger partial charge in [-0.05, 0) is 52.7 Å². The van der Waals surface area contributed by atoms with Crippen molar-refractivity contribution in [2.75, 3.05) is 0 Å². The van der Waals surface area contributed by atoms with Gasteiger partial charge in [-0.25, -0.2) is 0 Å². The van der Waals surface area contributed by atoms with Crippen molar-refractivity contribution in [3.05, 3.63) is 52.7 Å². The first kappa shape index (κ1) is 14.8. The number of allylic oxidation sites excluding steroid dienone is 4. The summed E-state index contributed by atoms with van der Waals surface area (Å²) in [7, 11) is 2.23. The van der Waals surface area contributed by atoms with Crippen LogP contribution in [0.15, 0.2) is 35.9 Å². The maximum atomic E-state index is 2.47. The van der Waals surface area contributed by atoms with Gasteiger partial charge in [0.15, 0.2) is 0 Å². The Labute approximate surface area is 139 Å². The average molecular weight is 305 g/mol. The van der Waals surface area contributed by atoms with Crippen LogP contribution in [0.25, 0.3) is 16.5 Å². The number of rotatable bonds is 0. The normalized spacial score (nSPS) is 19.4. The molecule has 1 heteroatoms. The number of hydrogen-bond donors (Lipinski definition) is 0. The van der Waals surface area contributed by atoms with E-state index >= 15 is 0 Å². The van der Waals surface area contributed by atoms with E-state index in [1.165, 1.54) is 51.7 Å². The summed E-state index contributed by atoms with van der Waals surface area (Å²) in [4.78, 5) is 0. The van der Waals surface area contributed by atoms with Gasteiger partial charge in [0.05, 0.1) is 5.69 Å². The van der Waals surface area contributed by atoms with E-state index in [0.717, 1.165) is 0 Å². The third-order valence-electron chi connectivity index (χ3n) is 5.77. The first-order valence-corrected chi connectivity index (χ1v) is 8.78. The molecule has 0 fully saturated rings. The minimum Gasteiger partial charge on any atom is -0.343 e. The molecule has 0 unspecified atom stereocenters. The van der Waals surface area contributed by atoms with E-state index in [9.17, 15) is 0 Å². The van der Waals surface area contributed by atoms with Crippen molar-refractivity contribution in [1.29, 1.82) is 0 Å². The summed E-state index contributed by atoms with van der Waals surface area (Å²) in [5.41, 5.74) is 9.07. The fourth-order valence-corrected chi connectivity index (χ4v) is 4.48. The van der Waals surface area contributed by atoms with Crippen molar-refractivity contribution in [2.45, 2.75) is 58.3 Å². The third-order valence-corrected chi connectivity index (χ3v) is 5.77. The van der Waals surface area contributed by atoms with Crippen LogP contribution in [0.1, 0.15) is 64.3 Å². The predicted octanol–water partition coefficient (Wildman–Crippen LogP) is 5.87. The molecule has 0 radical (unpaired) electrons. The molecule has 0 spiro atoms. The molecule has 120 valence electrons. The molecule has 0 bridgehead atoms. The fraction of sp³-hybridized carbons (Fsp3) is 0.455. The lowest BCUT2D eigenvalue weighted by molar-refractivity contribution is 0.591. The van der Waals surface area contributed by atoms with Crippen molar-refractivity contribution in [3.63, 3.8) is 0 Å². The molecular formula is C22H27N. The molecule has 1 nitrogen and oxygen atoms in total. The Hall–Kier alpha value is -1.76. The zero-order valence-corrected chi connectivity index (χ0v) is 15.2. The average Bonchev–Trinajstić information content (AvgIpc) is 2.91. The molecule has 0 aliphatic heterocycles. The molecule has 2 aliphatic rings. The Bertz CT molecular complexity index is 879. The highest BCUT2D eigenvalue weighted by Crippen LogP contribution is 2.54. The van der Waals surface area contributed by atoms with Crippen molar-refractivity contribution in [1.82, 2.24) is 4.57 Å². The molecule has 4 rings (SSSR count). The van der Waals surface area contributed by atoms with Gasteiger partial charge in [-0.1, -0.05) is 52.8 Å². The molecule has 0 amide bonds. The smallest absolute Gasteiger partial charge is 0.0529 e. The molecule has 0 atom stereocenters. The molecular weight excluding hydrogens is 278 g/mol. The first-order valence-electron chi connectivity index (χ1n) is 8.78. The lowest BCUT2D eigenvalue weighted by atomic mass is 9.78. The van der Waals surface area contributed by atoms with E-state index in [1.54, 1.807) is 0 Å². The Morgan fingerprint density at radius 1 is 1.04 bits per heavy atom. The van der Waals surface area contributed by atoms with E-state index in [2.05, 4.69) is 76.6 Å². The standard InChI is InChI=1S/C22H27N/c1-21(2,3)14-11-12-18-16(13-14)19-20(23(18)6)15-9-7-8-10-17(15)22(19,4)5/h9-13H,7-8H2,1-6H3. The monoisotopic (exact) mass is 305 g/mol. The Kier molecular flexibility index (Phi) is 2.84. The predicted molar refractivity (Wildman–Crippen MR) is 99.9 cm³/mol. The van der Waals surface area contributed by atoms with Gasteiger partial charge in [0.1, 0.15) is 0 Å². The van der Waals surface area contributed by atoms with Gasteiger partial charge in [0, 0.05) is 23.4 Å². The van der Waals surface area contributed by atoms with Crippen molar-refractivity contribution in [2.24, 2.45) is 7.05 Å². The van der Waals surface area contributed by atoms with Crippen LogP contribution >= 0.6 is 0 Å². The van der Waals surface area contributed by atoms with E-state index in [-0.39, 0.29) is 10.8 Å². The summed E-state index contributed by atoms with van der Waals surface area (Å²) in [5.74, 6) is 0. The molecule has 0 N–H and O–H groups in total. The van der Waals surface area contributed by atoms with Gasteiger partial charge >= 0.3 is 0 Å². The van der Waals surface area contributed by atoms with Gasteiger partial charge in [-0.3, -0.25) is 0 Å². The number of benzene rings is 1. The van der Waals surface area contributed by atoms with Gasteiger partial charge < -0.3 is 4.57 Å². The van der Waals surface area contributed by atoms with Gasteiger partial charge in [-0.2, -0.15) is 0 Å². The minimum absolute atomic E-state index is 0.109. The van der Waals surface area contributed by atoms with Gasteiger partial charge in [0.25, 0.3) is 0 Å². The Balaban J connectivity index is 2.10. The highest BCUT2D eigenvalue weighted by molar-refractivity contribution is 6.00. The topological polar surface area (TPSA) is 4.93 Å². The zero-order chi connectivity index (χ0) is 16.6. The second-order valence-corrected chi connectivity index (χ2v) is 8.70. The summed E-state index contributed by atoms with van der Waals surface area (Å²) in [6.07, 6.45) is 7.27. The van der Waals surface area contributed by atoms with Crippen LogP contribution in [0.2, 0.25) is 0 Å². The van der Waals surface area contributed by atoms with Crippen molar-refractivity contribution >= 4 is 16.5 Å². The molecule has 1 aromatic carbocycles. The van der Waals surface area contributed by atoms with Crippen LogP contribution in [-0.4, -0.2) is 4.57 Å². The van der Waals surface area contributed by atoms with Crippen LogP contribution in [0.3, 0.4) is 0 Å². The number of fused-ring (bicyclic) bond motifs is 5. The molecule has 1 aromatic heterocycles. The molecule has 2 aromatic rings. The summed E-state index contributed by atoms with van der Waals surface area (Å²) < 4.78 is 2.41. The number of aromatic nitrogens is 1. The first-order chi connectivity index (χ1) is 10.7. The number of aryl methyl sites for hydroxylation is 1. The maximum absolute atomic E-state index is 2.47. The molecule has 23 heavy (non-hydrogen) atoms. The third kappa shape index (κ3) is 1.86. The highest BCUT2D eigenvalue weighted by atomic mass is 15.0. The molecule has 2 aliphatic carbocycles. The number of hydrogen-bond acceptors (Lipinski definition) is 0. The van der Waals surface area contributed by atoms with Crippen LogP contribution in [-0.2, 0) is 17.9 Å². The van der Waals surface area contributed by atoms with Gasteiger partial charge in [-0.15, -0.1) is 0 Å². The van der Waals surface area contributed by atoms with Crippen LogP contribution in [0.5, 0.6) is 0 Å². The maximum Gasteiger partial charge on any atom is 0.0529 e. The SMILES string of the molecule is Cn1c2c(c3cc(C(C)(C)C)ccc31)C(C)(C)C1=CCCC=C12. The van der Waals surface area contributed by atoms with E-state index in [1.807, 2.05) is 0 Å². The summed E-state index contributed by atoms with van der Waals surface area (Å²) in [5, 5.41) is 1.44. The summed E-state index contributed by atoms with van der Waals surface area (Å²) >= 11 is 0. The minimum atomic E-state index is 0.109. The van der Waals surface area contributed by atoms with Crippen molar-refractivity contribution in [3.8, 4) is 0 Å². The van der Waals surface area contributed by atoms with Crippen LogP contribution in [0, 0.1) is 0 Å². The summed E-state index contributed by atoms with van der Waals surface area (Å²) in [6.45, 7) is 11.7. The summed E-state index contributed by atoms with van der Waals surface area (Å²) in [6, 6.07) is 7.06. The Morgan fingerprint density at radius 3 is 2.43 bits per heavy atom. The zero-order valence-electron chi connectivity index (χ0n) is 15.2. The Morgan fingerprint density at radius 2 is 1.74 bits per heavy atom. The van der Waals surface area contributed by atoms with E-state index in [4.69, 9.17) is 0 Å². The van der Waals surface area contributed by atoms with Crippen molar-refractivity contribution < 1.29 is 0 Å². The molecule has 0 saturated carbocycles. The van der Waals surface area contributed by atoms with E-state index < -0.39 is 0 Å². The lowest BCUT2D eigenvalue weighted by Crippen LogP contribution is -2.16.